The van der Waals surface area contributed by atoms with Crippen LogP contribution >= 0.6 is 0 Å². The maximum atomic E-state index is 12.3. The van der Waals surface area contributed by atoms with Crippen LogP contribution in [0.2, 0.25) is 0 Å². The number of carboxylic acid groups (broad SMARTS) is 2. The number of hydrogen-bond donors (Lipinski definition) is 8. The van der Waals surface area contributed by atoms with Gasteiger partial charge >= 0.3 is 11.9 Å². The average Bonchev–Trinajstić information content (AvgIpc) is 2.95. The summed E-state index contributed by atoms with van der Waals surface area (Å²) in [6.07, 6.45) is -0.586. The third-order valence-corrected chi connectivity index (χ3v) is 6.58. The van der Waals surface area contributed by atoms with Gasteiger partial charge < -0.3 is 42.5 Å². The molecule has 1 aliphatic rings. The molecular weight excluding hydrogens is 544 g/mol. The van der Waals surface area contributed by atoms with Crippen LogP contribution < -0.4 is 37.9 Å². The molecule has 0 saturated heterocycles. The number of H-pyrrole nitrogens is 1. The number of aromatic amines is 1. The van der Waals surface area contributed by atoms with Crippen molar-refractivity contribution < 1.29 is 24.6 Å². The molecule has 14 nitrogen and oxygen atoms in total. The van der Waals surface area contributed by atoms with E-state index in [1.807, 2.05) is 42.2 Å². The van der Waals surface area contributed by atoms with Crippen molar-refractivity contribution in [2.75, 3.05) is 41.4 Å². The highest BCUT2D eigenvalue weighted by Gasteiger charge is 2.27. The Hall–Kier alpha value is -5.11. The summed E-state index contributed by atoms with van der Waals surface area (Å²) >= 11 is 0. The first-order chi connectivity index (χ1) is 20.0. The molecule has 2 aromatic carbocycles. The Bertz CT molecular complexity index is 1430. The molecule has 224 valence electrons. The topological polar surface area (TPSA) is 229 Å². The number of rotatable bonds is 10. The highest BCUT2D eigenvalue weighted by atomic mass is 16.4. The van der Waals surface area contributed by atoms with Crippen LogP contribution in [-0.4, -0.2) is 70.2 Å². The van der Waals surface area contributed by atoms with Gasteiger partial charge in [0, 0.05) is 43.9 Å². The Labute approximate surface area is 242 Å². The van der Waals surface area contributed by atoms with Crippen LogP contribution in [0.15, 0.2) is 59.4 Å². The number of nitrogens with one attached hydrogen (secondary N) is 4. The molecule has 0 aliphatic carbocycles. The summed E-state index contributed by atoms with van der Waals surface area (Å²) < 4.78 is 0. The van der Waals surface area contributed by atoms with Crippen LogP contribution in [0, 0.1) is 0 Å². The fourth-order valence-corrected chi connectivity index (χ4v) is 4.18. The Kier molecular flexibility index (Phi) is 10.8. The second-order valence-electron chi connectivity index (χ2n) is 9.75. The van der Waals surface area contributed by atoms with Crippen molar-refractivity contribution in [3.05, 3.63) is 76.1 Å². The maximum Gasteiger partial charge on any atom is 0.326 e. The maximum absolute atomic E-state index is 12.3. The van der Waals surface area contributed by atoms with E-state index in [4.69, 9.17) is 16.6 Å². The van der Waals surface area contributed by atoms with Crippen molar-refractivity contribution >= 4 is 41.0 Å². The van der Waals surface area contributed by atoms with Gasteiger partial charge in [-0.3, -0.25) is 19.4 Å². The number of carboxylic acids is 2. The minimum absolute atomic E-state index is 0.0388. The zero-order valence-corrected chi connectivity index (χ0v) is 23.3. The van der Waals surface area contributed by atoms with Crippen molar-refractivity contribution in [1.82, 2.24) is 15.3 Å². The van der Waals surface area contributed by atoms with Crippen LogP contribution in [0.5, 0.6) is 0 Å². The summed E-state index contributed by atoms with van der Waals surface area (Å²) in [5, 5.41) is 26.6. The van der Waals surface area contributed by atoms with Gasteiger partial charge in [-0.2, -0.15) is 4.98 Å². The number of fused-ring (bicyclic) bond motifs is 1. The van der Waals surface area contributed by atoms with Crippen LogP contribution in [0.4, 0.5) is 23.1 Å². The predicted octanol–water partition coefficient (Wildman–Crippen LogP) is 1.45. The van der Waals surface area contributed by atoms with Crippen molar-refractivity contribution in [3.8, 4) is 0 Å². The highest BCUT2D eigenvalue weighted by Crippen LogP contribution is 2.25. The standard InChI is InChI=1S/C20H25N7O6.C8H11N/c1-27-12(9-23-16-15(27)18(31)26-20(21)25-16)8-22-11-4-2-10(3-5-11)17(30)24-13(19(32)33)6-7-14(28)29;1-7(9)8-5-3-2-4-6-8/h2-5,12-13,22H,6-9H2,1H3,(H,24,30)(H,28,29)(H,32,33)(H4,21,23,25,26,31);2-7H,9H2,1H3/t12-,13+;7-/m11/s1. The quantitative estimate of drug-likeness (QED) is 0.170. The number of nitrogen functional groups attached to an aromatic ring is 1. The Morgan fingerprint density at radius 1 is 1.12 bits per heavy atom. The van der Waals surface area contributed by atoms with Crippen molar-refractivity contribution in [3.63, 3.8) is 0 Å². The molecule has 1 aliphatic heterocycles. The molecule has 0 saturated carbocycles. The Morgan fingerprint density at radius 3 is 2.36 bits per heavy atom. The van der Waals surface area contributed by atoms with Crippen molar-refractivity contribution in [2.24, 2.45) is 5.73 Å². The summed E-state index contributed by atoms with van der Waals surface area (Å²) in [5.41, 5.74) is 13.4. The summed E-state index contributed by atoms with van der Waals surface area (Å²) in [5.74, 6) is -2.59. The molecule has 3 aromatic rings. The van der Waals surface area contributed by atoms with Gasteiger partial charge in [0.15, 0.2) is 5.82 Å². The fraction of sp³-hybridized carbons (Fsp3) is 0.321. The van der Waals surface area contributed by atoms with Gasteiger partial charge in [-0.15, -0.1) is 0 Å². The number of nitrogens with zero attached hydrogens (tertiary/aromatic N) is 2. The molecule has 0 fully saturated rings. The smallest absolute Gasteiger partial charge is 0.326 e. The van der Waals surface area contributed by atoms with Crippen LogP contribution in [0.3, 0.4) is 0 Å². The third kappa shape index (κ3) is 8.69. The summed E-state index contributed by atoms with van der Waals surface area (Å²) in [6, 6.07) is 15.2. The van der Waals surface area contributed by atoms with E-state index in [0.29, 0.717) is 24.6 Å². The van der Waals surface area contributed by atoms with Gasteiger partial charge in [0.2, 0.25) is 5.95 Å². The van der Waals surface area contributed by atoms with E-state index in [2.05, 4.69) is 25.9 Å². The van der Waals surface area contributed by atoms with E-state index < -0.39 is 23.9 Å². The molecular formula is C28H36N8O6. The third-order valence-electron chi connectivity index (χ3n) is 6.58. The first kappa shape index (κ1) is 31.4. The van der Waals surface area contributed by atoms with E-state index in [1.165, 1.54) is 17.7 Å². The Morgan fingerprint density at radius 2 is 1.79 bits per heavy atom. The van der Waals surface area contributed by atoms with E-state index in [-0.39, 0.29) is 42.0 Å². The number of nitrogens with two attached hydrogens (primary N) is 2. The first-order valence-electron chi connectivity index (χ1n) is 13.2. The lowest BCUT2D eigenvalue weighted by molar-refractivity contribution is -0.140. The van der Waals surface area contributed by atoms with Gasteiger partial charge in [-0.25, -0.2) is 4.79 Å². The number of amides is 1. The lowest BCUT2D eigenvalue weighted by Gasteiger charge is -2.35. The zero-order chi connectivity index (χ0) is 30.8. The van der Waals surface area contributed by atoms with E-state index in [9.17, 15) is 24.3 Å². The van der Waals surface area contributed by atoms with Crippen LogP contribution in [0.25, 0.3) is 0 Å². The van der Waals surface area contributed by atoms with Gasteiger partial charge in [-0.05, 0) is 43.2 Å². The molecule has 3 atom stereocenters. The molecule has 42 heavy (non-hydrogen) atoms. The Balaban J connectivity index is 0.000000458. The summed E-state index contributed by atoms with van der Waals surface area (Å²) in [4.78, 5) is 54.9. The van der Waals surface area contributed by atoms with Gasteiger partial charge in [0.1, 0.15) is 11.7 Å². The number of aromatic nitrogens is 2. The molecule has 10 N–H and O–H groups in total. The fourth-order valence-electron chi connectivity index (χ4n) is 4.18. The SMILES string of the molecule is CN1c2c(nc(N)[nH]c2=O)NC[C@H]1CNc1ccc(C(=O)N[C@@H](CCC(=O)O)C(=O)O)cc1.C[C@@H](N)c1ccccc1. The van der Waals surface area contributed by atoms with Crippen LogP contribution in [0.1, 0.15) is 41.7 Å². The van der Waals surface area contributed by atoms with Gasteiger partial charge in [0.25, 0.3) is 11.5 Å². The second kappa shape index (κ2) is 14.5. The van der Waals surface area contributed by atoms with Gasteiger partial charge in [-0.1, -0.05) is 30.3 Å². The molecule has 1 aromatic heterocycles. The predicted molar refractivity (Wildman–Crippen MR) is 160 cm³/mol. The van der Waals surface area contributed by atoms with E-state index in [0.717, 1.165) is 5.69 Å². The highest BCUT2D eigenvalue weighted by molar-refractivity contribution is 5.97. The van der Waals surface area contributed by atoms with Crippen molar-refractivity contribution in [2.45, 2.75) is 37.9 Å². The number of likely N-dealkylation sites (N-methyl/N-ethyl adjacent to an activating group) is 1. The molecule has 4 rings (SSSR count). The summed E-state index contributed by atoms with van der Waals surface area (Å²) in [7, 11) is 1.79. The monoisotopic (exact) mass is 580 g/mol. The van der Waals surface area contributed by atoms with Crippen LogP contribution in [-0.2, 0) is 9.59 Å². The molecule has 0 radical (unpaired) electrons. The average molecular weight is 581 g/mol. The van der Waals surface area contributed by atoms with Crippen molar-refractivity contribution in [1.29, 1.82) is 0 Å². The minimum atomic E-state index is -1.30. The normalized spacial score (nSPS) is 15.1. The lowest BCUT2D eigenvalue weighted by Crippen LogP contribution is -2.48. The number of carbonyl (C=O) groups excluding carboxylic acids is 1. The number of anilines is 4. The molecule has 2 heterocycles. The number of aliphatic carboxylic acids is 2. The van der Waals surface area contributed by atoms with E-state index in [1.54, 1.807) is 19.2 Å². The van der Waals surface area contributed by atoms with E-state index >= 15 is 0 Å². The zero-order valence-electron chi connectivity index (χ0n) is 23.3. The molecule has 0 spiro atoms. The second-order valence-corrected chi connectivity index (χ2v) is 9.75. The molecule has 0 unspecified atom stereocenters. The molecule has 14 heteroatoms. The lowest BCUT2D eigenvalue weighted by atomic mass is 10.1. The largest absolute Gasteiger partial charge is 0.481 e. The number of benzene rings is 2. The minimum Gasteiger partial charge on any atom is -0.481 e. The van der Waals surface area contributed by atoms with Gasteiger partial charge in [0.05, 0.1) is 6.04 Å². The molecule has 1 amide bonds. The molecule has 0 bridgehead atoms. The first-order valence-corrected chi connectivity index (χ1v) is 13.2. The summed E-state index contributed by atoms with van der Waals surface area (Å²) in [6.45, 7) is 2.99. The number of carbonyl (C=O) groups is 3. The number of hydrogen-bond acceptors (Lipinski definition) is 10.